The van der Waals surface area contributed by atoms with Gasteiger partial charge in [0, 0.05) is 0 Å². The molecule has 2 N–H and O–H groups in total. The Morgan fingerprint density at radius 2 is 2.04 bits per heavy atom. The van der Waals surface area contributed by atoms with E-state index in [1.807, 2.05) is 30.3 Å². The van der Waals surface area contributed by atoms with Gasteiger partial charge in [-0.3, -0.25) is 9.59 Å². The molecule has 0 bridgehead atoms. The van der Waals surface area contributed by atoms with E-state index in [1.165, 1.54) is 37.9 Å². The van der Waals surface area contributed by atoms with Gasteiger partial charge in [0.25, 0.3) is 11.5 Å². The molecule has 1 amide bonds. The largest absolute Gasteiger partial charge is 0.344 e. The first-order chi connectivity index (χ1) is 12.7. The number of carbonyl (C=O) groups excluding carboxylic acids is 1. The van der Waals surface area contributed by atoms with Crippen LogP contribution in [-0.2, 0) is 0 Å². The Balaban J connectivity index is 1.59. The first kappa shape index (κ1) is 16.4. The first-order valence-electron chi connectivity index (χ1n) is 8.90. The number of aromatic amines is 1. The van der Waals surface area contributed by atoms with E-state index >= 15 is 0 Å². The lowest BCUT2D eigenvalue weighted by atomic mass is 9.79. The molecule has 0 aliphatic heterocycles. The Bertz CT molecular complexity index is 980. The predicted octanol–water partition coefficient (Wildman–Crippen LogP) is 2.98. The van der Waals surface area contributed by atoms with E-state index in [-0.39, 0.29) is 23.2 Å². The lowest BCUT2D eigenvalue weighted by molar-refractivity contribution is 0.0920. The number of fused-ring (bicyclic) bond motifs is 1. The van der Waals surface area contributed by atoms with Gasteiger partial charge in [-0.05, 0) is 24.0 Å². The average Bonchev–Trinajstić information content (AvgIpc) is 2.64. The quantitative estimate of drug-likeness (QED) is 0.742. The second kappa shape index (κ2) is 7.07. The van der Waals surface area contributed by atoms with Crippen molar-refractivity contribution in [2.75, 3.05) is 0 Å². The molecule has 1 unspecified atom stereocenters. The molecule has 1 aromatic carbocycles. The minimum atomic E-state index is -0.277. The highest BCUT2D eigenvalue weighted by Gasteiger charge is 2.25. The van der Waals surface area contributed by atoms with Crippen LogP contribution in [0.15, 0.2) is 53.7 Å². The van der Waals surface area contributed by atoms with Crippen molar-refractivity contribution in [1.82, 2.24) is 20.3 Å². The first-order valence-corrected chi connectivity index (χ1v) is 8.90. The van der Waals surface area contributed by atoms with Gasteiger partial charge in [-0.15, -0.1) is 0 Å². The molecule has 6 heteroatoms. The van der Waals surface area contributed by atoms with E-state index in [1.54, 1.807) is 0 Å². The zero-order valence-corrected chi connectivity index (χ0v) is 14.3. The summed E-state index contributed by atoms with van der Waals surface area (Å²) < 4.78 is 0. The Morgan fingerprint density at radius 3 is 2.77 bits per heavy atom. The lowest BCUT2D eigenvalue weighted by Gasteiger charge is -2.30. The smallest absolute Gasteiger partial charge is 0.270 e. The van der Waals surface area contributed by atoms with Gasteiger partial charge in [0.15, 0.2) is 0 Å². The molecule has 3 aromatic rings. The molecular weight excluding hydrogens is 328 g/mol. The van der Waals surface area contributed by atoms with Crippen molar-refractivity contribution in [2.24, 2.45) is 5.92 Å². The summed E-state index contributed by atoms with van der Waals surface area (Å²) >= 11 is 0. The highest BCUT2D eigenvalue weighted by Crippen LogP contribution is 2.34. The van der Waals surface area contributed by atoms with Crippen molar-refractivity contribution >= 4 is 16.8 Å². The summed E-state index contributed by atoms with van der Waals surface area (Å²) in [6.07, 6.45) is 7.41. The Morgan fingerprint density at radius 1 is 1.23 bits per heavy atom. The van der Waals surface area contributed by atoms with E-state index in [4.69, 9.17) is 0 Å². The molecule has 6 nitrogen and oxygen atoms in total. The van der Waals surface area contributed by atoms with Gasteiger partial charge < -0.3 is 10.3 Å². The molecule has 2 aromatic heterocycles. The van der Waals surface area contributed by atoms with Crippen molar-refractivity contribution in [1.29, 1.82) is 0 Å². The molecule has 2 heterocycles. The average molecular weight is 348 g/mol. The van der Waals surface area contributed by atoms with Crippen molar-refractivity contribution < 1.29 is 4.79 Å². The molecule has 1 saturated carbocycles. The van der Waals surface area contributed by atoms with E-state index in [9.17, 15) is 9.59 Å². The zero-order chi connectivity index (χ0) is 17.9. The van der Waals surface area contributed by atoms with Crippen molar-refractivity contribution in [2.45, 2.75) is 31.7 Å². The van der Waals surface area contributed by atoms with Crippen molar-refractivity contribution in [3.8, 4) is 0 Å². The van der Waals surface area contributed by atoms with E-state index < -0.39 is 0 Å². The van der Waals surface area contributed by atoms with E-state index in [0.717, 1.165) is 12.0 Å². The van der Waals surface area contributed by atoms with Crippen LogP contribution >= 0.6 is 0 Å². The number of pyridine rings is 1. The van der Waals surface area contributed by atoms with Crippen molar-refractivity contribution in [3.05, 3.63) is 70.5 Å². The normalized spacial score (nSPS) is 15.4. The van der Waals surface area contributed by atoms with E-state index in [0.29, 0.717) is 16.8 Å². The number of rotatable bonds is 5. The molecule has 4 rings (SSSR count). The Kier molecular flexibility index (Phi) is 4.48. The van der Waals surface area contributed by atoms with Gasteiger partial charge in [-0.1, -0.05) is 49.6 Å². The van der Waals surface area contributed by atoms with Crippen LogP contribution in [0, 0.1) is 5.92 Å². The summed E-state index contributed by atoms with van der Waals surface area (Å²) in [5.74, 6) is 0.375. The third kappa shape index (κ3) is 3.35. The third-order valence-corrected chi connectivity index (χ3v) is 5.06. The fourth-order valence-electron chi connectivity index (χ4n) is 3.35. The number of H-pyrrole nitrogens is 1. The fourth-order valence-corrected chi connectivity index (χ4v) is 3.35. The van der Waals surface area contributed by atoms with Gasteiger partial charge in [-0.25, -0.2) is 9.97 Å². The number of nitrogens with one attached hydrogen (secondary N) is 2. The third-order valence-electron chi connectivity index (χ3n) is 5.06. The second-order valence-corrected chi connectivity index (χ2v) is 6.79. The standard InChI is InChI=1S/C20H20N4O2/c25-19-15-10-17(21-11-18(15)22-12-23-19)20(26)24-16(9-13-5-4-6-13)14-7-2-1-3-8-14/h1-3,7-8,10-13,16H,4-6,9H2,(H,24,26)(H,22,23,25). The molecule has 1 aliphatic carbocycles. The van der Waals surface area contributed by atoms with Gasteiger partial charge in [0.1, 0.15) is 5.69 Å². The van der Waals surface area contributed by atoms with Gasteiger partial charge in [-0.2, -0.15) is 0 Å². The number of carbonyl (C=O) groups is 1. The maximum atomic E-state index is 12.8. The van der Waals surface area contributed by atoms with Gasteiger partial charge in [0.2, 0.25) is 0 Å². The summed E-state index contributed by atoms with van der Waals surface area (Å²) in [5.41, 5.74) is 1.51. The minimum Gasteiger partial charge on any atom is -0.344 e. The topological polar surface area (TPSA) is 87.7 Å². The number of hydrogen-bond donors (Lipinski definition) is 2. The summed E-state index contributed by atoms with van der Waals surface area (Å²) in [7, 11) is 0. The van der Waals surface area contributed by atoms with Crippen LogP contribution in [-0.4, -0.2) is 20.9 Å². The maximum absolute atomic E-state index is 12.8. The number of hydrogen-bond acceptors (Lipinski definition) is 4. The number of benzene rings is 1. The van der Waals surface area contributed by atoms with E-state index in [2.05, 4.69) is 20.3 Å². The fraction of sp³-hybridized carbons (Fsp3) is 0.300. The summed E-state index contributed by atoms with van der Waals surface area (Å²) in [6.45, 7) is 0. The van der Waals surface area contributed by atoms with Crippen LogP contribution in [0.1, 0.15) is 47.8 Å². The highest BCUT2D eigenvalue weighted by atomic mass is 16.2. The maximum Gasteiger partial charge on any atom is 0.270 e. The van der Waals surface area contributed by atoms with Crippen LogP contribution in [0.2, 0.25) is 0 Å². The summed E-state index contributed by atoms with van der Waals surface area (Å²) in [4.78, 5) is 35.5. The predicted molar refractivity (Wildman–Crippen MR) is 98.8 cm³/mol. The minimum absolute atomic E-state index is 0.0568. The highest BCUT2D eigenvalue weighted by molar-refractivity contribution is 5.95. The molecule has 0 radical (unpaired) electrons. The van der Waals surface area contributed by atoms with Gasteiger partial charge >= 0.3 is 0 Å². The van der Waals surface area contributed by atoms with Crippen LogP contribution < -0.4 is 10.9 Å². The molecule has 1 aliphatic rings. The second-order valence-electron chi connectivity index (χ2n) is 6.79. The lowest BCUT2D eigenvalue weighted by Crippen LogP contribution is -2.32. The molecule has 1 fully saturated rings. The van der Waals surface area contributed by atoms with Crippen LogP contribution in [0.5, 0.6) is 0 Å². The molecule has 132 valence electrons. The number of nitrogens with zero attached hydrogens (tertiary/aromatic N) is 2. The molecule has 0 saturated heterocycles. The molecule has 0 spiro atoms. The SMILES string of the molecule is O=C(NC(CC1CCC1)c1ccccc1)c1cc2c(=O)[nH]cnc2cn1. The molecule has 26 heavy (non-hydrogen) atoms. The van der Waals surface area contributed by atoms with Crippen LogP contribution in [0.4, 0.5) is 0 Å². The van der Waals surface area contributed by atoms with Gasteiger partial charge in [0.05, 0.1) is 29.5 Å². The summed E-state index contributed by atoms with van der Waals surface area (Å²) in [6, 6.07) is 11.4. The number of amides is 1. The molecular formula is C20H20N4O2. The molecule has 1 atom stereocenters. The Hall–Kier alpha value is -3.02. The summed E-state index contributed by atoms with van der Waals surface area (Å²) in [5, 5.41) is 3.46. The van der Waals surface area contributed by atoms with Crippen LogP contribution in [0.25, 0.3) is 10.9 Å². The van der Waals surface area contributed by atoms with Crippen LogP contribution in [0.3, 0.4) is 0 Å². The Labute approximate surface area is 150 Å². The van der Waals surface area contributed by atoms with Crippen molar-refractivity contribution in [3.63, 3.8) is 0 Å². The monoisotopic (exact) mass is 348 g/mol. The zero-order valence-electron chi connectivity index (χ0n) is 14.3. The number of aromatic nitrogens is 3.